The normalized spacial score (nSPS) is 14.9. The summed E-state index contributed by atoms with van der Waals surface area (Å²) in [5.74, 6) is 0.724. The summed E-state index contributed by atoms with van der Waals surface area (Å²) in [6, 6.07) is 4.70. The van der Waals surface area contributed by atoms with Gasteiger partial charge in [-0.2, -0.15) is 0 Å². The summed E-state index contributed by atoms with van der Waals surface area (Å²) in [5, 5.41) is 3.55. The van der Waals surface area contributed by atoms with Crippen molar-refractivity contribution >= 4 is 0 Å². The van der Waals surface area contributed by atoms with E-state index in [4.69, 9.17) is 0 Å². The first-order valence-electron chi connectivity index (χ1n) is 5.79. The molecule has 2 unspecified atom stereocenters. The van der Waals surface area contributed by atoms with Crippen LogP contribution in [0.2, 0.25) is 0 Å². The summed E-state index contributed by atoms with van der Waals surface area (Å²) in [4.78, 5) is 4.28. The highest BCUT2D eigenvalue weighted by molar-refractivity contribution is 5.17. The summed E-state index contributed by atoms with van der Waals surface area (Å²) >= 11 is 0. The van der Waals surface area contributed by atoms with Gasteiger partial charge in [0, 0.05) is 24.5 Å². The molecular formula is C13H22N2. The zero-order valence-electron chi connectivity index (χ0n) is 10.2. The predicted molar refractivity (Wildman–Crippen MR) is 64.7 cm³/mol. The van der Waals surface area contributed by atoms with Crippen LogP contribution in [0.1, 0.15) is 38.4 Å². The Morgan fingerprint density at radius 1 is 1.40 bits per heavy atom. The molecule has 0 aliphatic carbocycles. The summed E-state index contributed by atoms with van der Waals surface area (Å²) in [6.07, 6.45) is 3.07. The number of aryl methyl sites for hydroxylation is 1. The first kappa shape index (κ1) is 12.2. The second-order valence-corrected chi connectivity index (χ2v) is 4.30. The van der Waals surface area contributed by atoms with Crippen LogP contribution in [0, 0.1) is 12.8 Å². The van der Waals surface area contributed by atoms with Gasteiger partial charge in [-0.1, -0.05) is 26.3 Å². The van der Waals surface area contributed by atoms with E-state index < -0.39 is 0 Å². The first-order chi connectivity index (χ1) is 7.15. The number of hydrogen-bond acceptors (Lipinski definition) is 2. The van der Waals surface area contributed by atoms with Gasteiger partial charge in [0.15, 0.2) is 0 Å². The van der Waals surface area contributed by atoms with Crippen molar-refractivity contribution in [2.45, 2.75) is 46.7 Å². The number of nitrogens with zero attached hydrogens (tertiary/aromatic N) is 1. The molecule has 0 saturated heterocycles. The molecule has 0 aromatic carbocycles. The van der Waals surface area contributed by atoms with E-state index in [9.17, 15) is 0 Å². The minimum Gasteiger partial charge on any atom is -0.310 e. The van der Waals surface area contributed by atoms with Gasteiger partial charge in [0.2, 0.25) is 0 Å². The molecule has 0 radical (unpaired) electrons. The number of nitrogens with one attached hydrogen (secondary N) is 1. The molecule has 0 bridgehead atoms. The molecule has 1 rings (SSSR count). The Balaban J connectivity index is 2.47. The largest absolute Gasteiger partial charge is 0.310 e. The molecule has 0 fully saturated rings. The summed E-state index contributed by atoms with van der Waals surface area (Å²) in [7, 11) is 0. The summed E-state index contributed by atoms with van der Waals surface area (Å²) in [5.41, 5.74) is 2.43. The maximum absolute atomic E-state index is 4.28. The third-order valence-corrected chi connectivity index (χ3v) is 3.23. The fourth-order valence-corrected chi connectivity index (χ4v) is 1.53. The Morgan fingerprint density at radius 2 is 2.13 bits per heavy atom. The third-order valence-electron chi connectivity index (χ3n) is 3.23. The van der Waals surface area contributed by atoms with Crippen LogP contribution in [0.3, 0.4) is 0 Å². The standard InChI is InChI=1S/C13H22N2/c1-5-10(2)11(3)15-9-13-7-6-8-14-12(13)4/h6-8,10-11,15H,5,9H2,1-4H3. The third kappa shape index (κ3) is 3.63. The molecule has 1 heterocycles. The van der Waals surface area contributed by atoms with Crippen molar-refractivity contribution in [2.75, 3.05) is 0 Å². The van der Waals surface area contributed by atoms with Crippen LogP contribution < -0.4 is 5.32 Å². The van der Waals surface area contributed by atoms with Crippen LogP contribution in [0.15, 0.2) is 18.3 Å². The fourth-order valence-electron chi connectivity index (χ4n) is 1.53. The van der Waals surface area contributed by atoms with Crippen LogP contribution in [-0.2, 0) is 6.54 Å². The predicted octanol–water partition coefficient (Wildman–Crippen LogP) is 2.91. The Morgan fingerprint density at radius 3 is 2.73 bits per heavy atom. The highest BCUT2D eigenvalue weighted by Gasteiger charge is 2.09. The highest BCUT2D eigenvalue weighted by Crippen LogP contribution is 2.09. The van der Waals surface area contributed by atoms with Gasteiger partial charge in [-0.15, -0.1) is 0 Å². The number of hydrogen-bond donors (Lipinski definition) is 1. The van der Waals surface area contributed by atoms with E-state index in [2.05, 4.69) is 44.1 Å². The minimum atomic E-state index is 0.564. The van der Waals surface area contributed by atoms with E-state index in [0.717, 1.165) is 18.2 Å². The van der Waals surface area contributed by atoms with Crippen LogP contribution in [0.5, 0.6) is 0 Å². The van der Waals surface area contributed by atoms with E-state index in [1.54, 1.807) is 0 Å². The molecule has 2 atom stereocenters. The highest BCUT2D eigenvalue weighted by atomic mass is 14.9. The van der Waals surface area contributed by atoms with Crippen molar-refractivity contribution in [1.82, 2.24) is 10.3 Å². The molecule has 0 aliphatic heterocycles. The number of aromatic nitrogens is 1. The molecule has 15 heavy (non-hydrogen) atoms. The lowest BCUT2D eigenvalue weighted by molar-refractivity contribution is 0.389. The topological polar surface area (TPSA) is 24.9 Å². The van der Waals surface area contributed by atoms with E-state index in [-0.39, 0.29) is 0 Å². The molecular weight excluding hydrogens is 184 g/mol. The van der Waals surface area contributed by atoms with Crippen molar-refractivity contribution in [2.24, 2.45) is 5.92 Å². The first-order valence-corrected chi connectivity index (χ1v) is 5.79. The van der Waals surface area contributed by atoms with Gasteiger partial charge in [0.1, 0.15) is 0 Å². The van der Waals surface area contributed by atoms with E-state index in [1.165, 1.54) is 12.0 Å². The molecule has 1 N–H and O–H groups in total. The SMILES string of the molecule is CCC(C)C(C)NCc1cccnc1C. The summed E-state index contributed by atoms with van der Waals surface area (Å²) in [6.45, 7) is 9.75. The molecule has 84 valence electrons. The van der Waals surface area contributed by atoms with Gasteiger partial charge in [-0.05, 0) is 31.4 Å². The quantitative estimate of drug-likeness (QED) is 0.801. The van der Waals surface area contributed by atoms with Gasteiger partial charge in [0.25, 0.3) is 0 Å². The molecule has 1 aromatic heterocycles. The van der Waals surface area contributed by atoms with Crippen LogP contribution in [0.25, 0.3) is 0 Å². The number of rotatable bonds is 5. The van der Waals surface area contributed by atoms with Gasteiger partial charge >= 0.3 is 0 Å². The van der Waals surface area contributed by atoms with Crippen LogP contribution >= 0.6 is 0 Å². The fraction of sp³-hybridized carbons (Fsp3) is 0.615. The minimum absolute atomic E-state index is 0.564. The zero-order chi connectivity index (χ0) is 11.3. The second kappa shape index (κ2) is 5.86. The van der Waals surface area contributed by atoms with E-state index in [0.29, 0.717) is 6.04 Å². The van der Waals surface area contributed by atoms with Gasteiger partial charge in [-0.3, -0.25) is 4.98 Å². The van der Waals surface area contributed by atoms with Crippen LogP contribution in [0.4, 0.5) is 0 Å². The molecule has 1 aromatic rings. The Bertz CT molecular complexity index is 296. The maximum Gasteiger partial charge on any atom is 0.0417 e. The summed E-state index contributed by atoms with van der Waals surface area (Å²) < 4.78 is 0. The van der Waals surface area contributed by atoms with Gasteiger partial charge in [-0.25, -0.2) is 0 Å². The molecule has 0 saturated carbocycles. The second-order valence-electron chi connectivity index (χ2n) is 4.30. The van der Waals surface area contributed by atoms with Gasteiger partial charge in [0.05, 0.1) is 0 Å². The average Bonchev–Trinajstić information content (AvgIpc) is 2.26. The van der Waals surface area contributed by atoms with Crippen molar-refractivity contribution in [3.05, 3.63) is 29.6 Å². The van der Waals surface area contributed by atoms with Crippen LogP contribution in [-0.4, -0.2) is 11.0 Å². The zero-order valence-corrected chi connectivity index (χ0v) is 10.2. The molecule has 0 amide bonds. The van der Waals surface area contributed by atoms with Crippen molar-refractivity contribution < 1.29 is 0 Å². The maximum atomic E-state index is 4.28. The monoisotopic (exact) mass is 206 g/mol. The lowest BCUT2D eigenvalue weighted by Gasteiger charge is -2.20. The number of pyridine rings is 1. The Kier molecular flexibility index (Phi) is 4.76. The molecule has 0 aliphatic rings. The van der Waals surface area contributed by atoms with Gasteiger partial charge < -0.3 is 5.32 Å². The van der Waals surface area contributed by atoms with E-state index >= 15 is 0 Å². The molecule has 2 heteroatoms. The molecule has 2 nitrogen and oxygen atoms in total. The lowest BCUT2D eigenvalue weighted by atomic mass is 10.0. The van der Waals surface area contributed by atoms with Crippen molar-refractivity contribution in [1.29, 1.82) is 0 Å². The van der Waals surface area contributed by atoms with Crippen molar-refractivity contribution in [3.63, 3.8) is 0 Å². The smallest absolute Gasteiger partial charge is 0.0417 e. The molecule has 0 spiro atoms. The van der Waals surface area contributed by atoms with E-state index in [1.807, 2.05) is 12.3 Å². The van der Waals surface area contributed by atoms with Crippen molar-refractivity contribution in [3.8, 4) is 0 Å². The Labute approximate surface area is 93.1 Å². The average molecular weight is 206 g/mol. The lowest BCUT2D eigenvalue weighted by Crippen LogP contribution is -2.31. The Hall–Kier alpha value is -0.890.